The van der Waals surface area contributed by atoms with Gasteiger partial charge in [-0.3, -0.25) is 9.05 Å². The predicted molar refractivity (Wildman–Crippen MR) is 117 cm³/mol. The van der Waals surface area contributed by atoms with Gasteiger partial charge in [0.05, 0.1) is 19.3 Å². The Bertz CT molecular complexity index is 610. The summed E-state index contributed by atoms with van der Waals surface area (Å²) in [4.78, 5) is 0. The van der Waals surface area contributed by atoms with Gasteiger partial charge < -0.3 is 18.9 Å². The van der Waals surface area contributed by atoms with Gasteiger partial charge in [0.2, 0.25) is 0 Å². The molecule has 1 rings (SSSR count). The van der Waals surface area contributed by atoms with Crippen molar-refractivity contribution in [3.8, 4) is 5.75 Å². The second kappa shape index (κ2) is 14.9. The first-order valence-electron chi connectivity index (χ1n) is 10.4. The summed E-state index contributed by atoms with van der Waals surface area (Å²) in [5.74, 6) is 0.800. The summed E-state index contributed by atoms with van der Waals surface area (Å²) in [6, 6.07) is 7.42. The van der Waals surface area contributed by atoms with Gasteiger partial charge in [0.25, 0.3) is 0 Å². The van der Waals surface area contributed by atoms with E-state index in [0.29, 0.717) is 32.1 Å². The minimum absolute atomic E-state index is 0.110. The lowest BCUT2D eigenvalue weighted by Gasteiger charge is -2.24. The van der Waals surface area contributed by atoms with Crippen molar-refractivity contribution in [3.63, 3.8) is 0 Å². The van der Waals surface area contributed by atoms with E-state index in [1.807, 2.05) is 52.0 Å². The van der Waals surface area contributed by atoms with Gasteiger partial charge in [-0.2, -0.15) is 0 Å². The van der Waals surface area contributed by atoms with Crippen molar-refractivity contribution in [3.05, 3.63) is 29.8 Å². The Morgan fingerprint density at radius 1 is 1.03 bits per heavy atom. The van der Waals surface area contributed by atoms with E-state index in [0.717, 1.165) is 12.0 Å². The van der Waals surface area contributed by atoms with Crippen LogP contribution < -0.4 is 9.82 Å². The Kier molecular flexibility index (Phi) is 13.4. The fourth-order valence-corrected chi connectivity index (χ4v) is 4.12. The molecule has 3 atom stereocenters. The summed E-state index contributed by atoms with van der Waals surface area (Å²) < 4.78 is 45.9. The molecular formula is C21H38NO7P. The van der Waals surface area contributed by atoms with Crippen molar-refractivity contribution in [2.75, 3.05) is 47.2 Å². The standard InChI is InChI=1S/C21H38NO7P/c1-7-18(4)29-30(23,28-16-17(3)15-26-8-2)22-13-14-27-20-11-9-19(10-12-20)21(24-5)25-6/h9-12,17-18,21H,7-8,13-16H2,1-6H3,(H,22,23). The molecule has 0 amide bonds. The van der Waals surface area contributed by atoms with Crippen LogP contribution in [-0.4, -0.2) is 53.3 Å². The molecule has 8 nitrogen and oxygen atoms in total. The van der Waals surface area contributed by atoms with Gasteiger partial charge in [0, 0.05) is 38.9 Å². The maximum Gasteiger partial charge on any atom is 0.405 e. The van der Waals surface area contributed by atoms with E-state index >= 15 is 0 Å². The van der Waals surface area contributed by atoms with Gasteiger partial charge in [0.1, 0.15) is 12.4 Å². The van der Waals surface area contributed by atoms with Gasteiger partial charge in [-0.05, 0) is 32.4 Å². The molecule has 0 radical (unpaired) electrons. The van der Waals surface area contributed by atoms with Crippen LogP contribution in [0.5, 0.6) is 5.75 Å². The number of benzene rings is 1. The Balaban J connectivity index is 2.53. The van der Waals surface area contributed by atoms with Crippen LogP contribution in [0, 0.1) is 5.92 Å². The Labute approximate surface area is 181 Å². The smallest absolute Gasteiger partial charge is 0.405 e. The second-order valence-corrected chi connectivity index (χ2v) is 8.79. The molecule has 0 aliphatic heterocycles. The lowest BCUT2D eigenvalue weighted by atomic mass is 10.2. The van der Waals surface area contributed by atoms with Crippen LogP contribution in [0.4, 0.5) is 0 Å². The van der Waals surface area contributed by atoms with Crippen LogP contribution in [-0.2, 0) is 27.8 Å². The molecule has 30 heavy (non-hydrogen) atoms. The van der Waals surface area contributed by atoms with E-state index in [1.54, 1.807) is 14.2 Å². The largest absolute Gasteiger partial charge is 0.492 e. The number of ether oxygens (including phenoxy) is 4. The highest BCUT2D eigenvalue weighted by molar-refractivity contribution is 7.51. The minimum Gasteiger partial charge on any atom is -0.492 e. The molecule has 3 unspecified atom stereocenters. The fraction of sp³-hybridized carbons (Fsp3) is 0.714. The fourth-order valence-electron chi connectivity index (χ4n) is 2.46. The van der Waals surface area contributed by atoms with E-state index in [9.17, 15) is 4.57 Å². The quantitative estimate of drug-likeness (QED) is 0.211. The molecule has 1 N–H and O–H groups in total. The molecule has 0 aromatic heterocycles. The minimum atomic E-state index is -3.45. The summed E-state index contributed by atoms with van der Waals surface area (Å²) in [6.07, 6.45) is 0.135. The zero-order valence-electron chi connectivity index (χ0n) is 19.1. The second-order valence-electron chi connectivity index (χ2n) is 7.01. The number of rotatable bonds is 17. The molecule has 0 saturated carbocycles. The maximum absolute atomic E-state index is 13.1. The molecule has 1 aromatic rings. The van der Waals surface area contributed by atoms with Crippen molar-refractivity contribution < 1.29 is 32.6 Å². The topological polar surface area (TPSA) is 84.5 Å². The van der Waals surface area contributed by atoms with E-state index < -0.39 is 14.0 Å². The lowest BCUT2D eigenvalue weighted by molar-refractivity contribution is -0.106. The first-order valence-corrected chi connectivity index (χ1v) is 12.0. The molecule has 0 aliphatic rings. The van der Waals surface area contributed by atoms with Gasteiger partial charge in [-0.25, -0.2) is 9.65 Å². The molecule has 0 bridgehead atoms. The highest BCUT2D eigenvalue weighted by atomic mass is 31.2. The molecular weight excluding hydrogens is 409 g/mol. The summed E-state index contributed by atoms with van der Waals surface area (Å²) in [6.45, 7) is 9.84. The molecule has 0 fully saturated rings. The van der Waals surface area contributed by atoms with Crippen LogP contribution in [0.3, 0.4) is 0 Å². The normalized spacial score (nSPS) is 15.7. The van der Waals surface area contributed by atoms with Crippen molar-refractivity contribution in [1.29, 1.82) is 0 Å². The van der Waals surface area contributed by atoms with E-state index in [2.05, 4.69) is 5.09 Å². The van der Waals surface area contributed by atoms with Crippen molar-refractivity contribution >= 4 is 7.75 Å². The number of nitrogens with one attached hydrogen (secondary N) is 1. The van der Waals surface area contributed by atoms with Crippen LogP contribution in [0.2, 0.25) is 0 Å². The highest BCUT2D eigenvalue weighted by Gasteiger charge is 2.27. The molecule has 174 valence electrons. The Morgan fingerprint density at radius 3 is 2.27 bits per heavy atom. The Hall–Kier alpha value is -0.990. The number of hydrogen-bond acceptors (Lipinski definition) is 7. The van der Waals surface area contributed by atoms with Gasteiger partial charge in [0.15, 0.2) is 6.29 Å². The van der Waals surface area contributed by atoms with Gasteiger partial charge >= 0.3 is 7.75 Å². The molecule has 0 spiro atoms. The molecule has 9 heteroatoms. The molecule has 0 saturated heterocycles. The van der Waals surface area contributed by atoms with Gasteiger partial charge in [-0.1, -0.05) is 26.0 Å². The van der Waals surface area contributed by atoms with E-state index in [1.165, 1.54) is 0 Å². The third kappa shape index (κ3) is 10.4. The number of hydrogen-bond donors (Lipinski definition) is 1. The van der Waals surface area contributed by atoms with Crippen molar-refractivity contribution in [2.24, 2.45) is 5.92 Å². The van der Waals surface area contributed by atoms with Crippen molar-refractivity contribution in [2.45, 2.75) is 46.5 Å². The molecule has 0 heterocycles. The lowest BCUT2D eigenvalue weighted by Crippen LogP contribution is -2.25. The third-order valence-corrected chi connectivity index (χ3v) is 6.02. The Morgan fingerprint density at radius 2 is 1.70 bits per heavy atom. The highest BCUT2D eigenvalue weighted by Crippen LogP contribution is 2.45. The number of methoxy groups -OCH3 is 2. The summed E-state index contributed by atoms with van der Waals surface area (Å²) >= 11 is 0. The van der Waals surface area contributed by atoms with Crippen LogP contribution >= 0.6 is 7.75 Å². The third-order valence-electron chi connectivity index (χ3n) is 4.29. The zero-order valence-corrected chi connectivity index (χ0v) is 20.0. The van der Waals surface area contributed by atoms with Crippen LogP contribution in [0.1, 0.15) is 46.0 Å². The molecule has 0 aliphatic carbocycles. The zero-order chi connectivity index (χ0) is 22.4. The van der Waals surface area contributed by atoms with Crippen LogP contribution in [0.25, 0.3) is 0 Å². The monoisotopic (exact) mass is 447 g/mol. The van der Waals surface area contributed by atoms with Crippen LogP contribution in [0.15, 0.2) is 24.3 Å². The summed E-state index contributed by atoms with van der Waals surface area (Å²) in [5.41, 5.74) is 0.895. The van der Waals surface area contributed by atoms with Crippen molar-refractivity contribution in [1.82, 2.24) is 5.09 Å². The summed E-state index contributed by atoms with van der Waals surface area (Å²) in [5, 5.41) is 2.90. The first-order chi connectivity index (χ1) is 14.4. The van der Waals surface area contributed by atoms with Gasteiger partial charge in [-0.15, -0.1) is 0 Å². The average molecular weight is 448 g/mol. The molecule has 1 aromatic carbocycles. The average Bonchev–Trinajstić information content (AvgIpc) is 2.75. The SMILES string of the molecule is CCOCC(C)COP(=O)(NCCOc1ccc(C(OC)OC)cc1)OC(C)CC. The predicted octanol–water partition coefficient (Wildman–Crippen LogP) is 4.56. The first kappa shape index (κ1) is 27.0. The van der Waals surface area contributed by atoms with E-state index in [-0.39, 0.29) is 18.6 Å². The maximum atomic E-state index is 13.1. The van der Waals surface area contributed by atoms with E-state index in [4.69, 9.17) is 28.0 Å². The summed E-state index contributed by atoms with van der Waals surface area (Å²) in [7, 11) is -0.273.